The molecule has 2 atom stereocenters. The molecule has 1 aliphatic heterocycles. The van der Waals surface area contributed by atoms with Crippen molar-refractivity contribution in [3.63, 3.8) is 0 Å². The number of benzene rings is 1. The van der Waals surface area contributed by atoms with Crippen LogP contribution in [0.1, 0.15) is 25.7 Å². The summed E-state index contributed by atoms with van der Waals surface area (Å²) in [6, 6.07) is 7.15. The molecule has 1 aliphatic carbocycles. The molecular formula is C16H17BrN2O3. The lowest BCUT2D eigenvalue weighted by Crippen LogP contribution is -2.38. The Bertz CT molecular complexity index is 590. The molecule has 3 rings (SSSR count). The fraction of sp³-hybridized carbons (Fsp3) is 0.438. The van der Waals surface area contributed by atoms with E-state index in [1.165, 1.54) is 0 Å². The molecule has 1 heterocycles. The van der Waals surface area contributed by atoms with E-state index in [1.54, 1.807) is 12.1 Å². The number of hydrogen-bond donors (Lipinski definition) is 1. The van der Waals surface area contributed by atoms with Crippen molar-refractivity contribution in [2.24, 2.45) is 11.8 Å². The maximum atomic E-state index is 12.3. The highest BCUT2D eigenvalue weighted by atomic mass is 79.9. The second kappa shape index (κ2) is 6.20. The summed E-state index contributed by atoms with van der Waals surface area (Å²) in [5.74, 6) is -1.12. The number of rotatable bonds is 3. The van der Waals surface area contributed by atoms with Crippen LogP contribution in [0.2, 0.25) is 0 Å². The lowest BCUT2D eigenvalue weighted by Gasteiger charge is -2.19. The average Bonchev–Trinajstić information content (AvgIpc) is 2.75. The van der Waals surface area contributed by atoms with Gasteiger partial charge in [0.05, 0.1) is 11.8 Å². The smallest absolute Gasteiger partial charge is 0.244 e. The molecule has 2 aliphatic rings. The molecular weight excluding hydrogens is 348 g/mol. The van der Waals surface area contributed by atoms with E-state index < -0.39 is 0 Å². The first-order chi connectivity index (χ1) is 10.6. The third-order valence-electron chi connectivity index (χ3n) is 4.36. The molecule has 5 nitrogen and oxygen atoms in total. The standard InChI is InChI=1S/C16H17BrN2O3/c17-10-5-7-11(8-6-10)18-14(20)9-19-15(21)12-3-1-2-4-13(12)16(19)22/h5-8,12-13H,1-4,9H2,(H,18,20)/t12-,13-/m0/s1. The summed E-state index contributed by atoms with van der Waals surface area (Å²) < 4.78 is 0.916. The zero-order valence-electron chi connectivity index (χ0n) is 12.0. The second-order valence-corrected chi connectivity index (χ2v) is 6.73. The van der Waals surface area contributed by atoms with Crippen molar-refractivity contribution in [2.75, 3.05) is 11.9 Å². The highest BCUT2D eigenvalue weighted by Gasteiger charge is 2.48. The second-order valence-electron chi connectivity index (χ2n) is 5.82. The van der Waals surface area contributed by atoms with Crippen molar-refractivity contribution in [3.05, 3.63) is 28.7 Å². The van der Waals surface area contributed by atoms with Gasteiger partial charge in [0.2, 0.25) is 17.7 Å². The van der Waals surface area contributed by atoms with E-state index in [4.69, 9.17) is 0 Å². The van der Waals surface area contributed by atoms with E-state index in [0.29, 0.717) is 5.69 Å². The van der Waals surface area contributed by atoms with Crippen LogP contribution >= 0.6 is 15.9 Å². The molecule has 116 valence electrons. The number of amides is 3. The van der Waals surface area contributed by atoms with Crippen LogP contribution in [-0.4, -0.2) is 29.2 Å². The van der Waals surface area contributed by atoms with Crippen molar-refractivity contribution in [2.45, 2.75) is 25.7 Å². The monoisotopic (exact) mass is 364 g/mol. The fourth-order valence-electron chi connectivity index (χ4n) is 3.26. The zero-order valence-corrected chi connectivity index (χ0v) is 13.6. The van der Waals surface area contributed by atoms with Gasteiger partial charge in [0, 0.05) is 10.2 Å². The van der Waals surface area contributed by atoms with Crippen LogP contribution in [0.15, 0.2) is 28.7 Å². The lowest BCUT2D eigenvalue weighted by atomic mass is 9.81. The summed E-state index contributed by atoms with van der Waals surface area (Å²) in [4.78, 5) is 37.8. The molecule has 0 unspecified atom stereocenters. The van der Waals surface area contributed by atoms with Crippen LogP contribution in [0.5, 0.6) is 0 Å². The van der Waals surface area contributed by atoms with Crippen LogP contribution < -0.4 is 5.32 Å². The first kappa shape index (κ1) is 15.2. The normalized spacial score (nSPS) is 24.3. The molecule has 22 heavy (non-hydrogen) atoms. The number of nitrogens with one attached hydrogen (secondary N) is 1. The van der Waals surface area contributed by atoms with E-state index in [-0.39, 0.29) is 36.1 Å². The third kappa shape index (κ3) is 2.92. The number of fused-ring (bicyclic) bond motifs is 1. The first-order valence-electron chi connectivity index (χ1n) is 7.47. The molecule has 1 N–H and O–H groups in total. The van der Waals surface area contributed by atoms with Gasteiger partial charge in [0.1, 0.15) is 6.54 Å². The van der Waals surface area contributed by atoms with Crippen LogP contribution in [-0.2, 0) is 14.4 Å². The number of imide groups is 1. The molecule has 1 aromatic carbocycles. The Balaban J connectivity index is 1.64. The molecule has 0 spiro atoms. The number of hydrogen-bond acceptors (Lipinski definition) is 3. The number of halogens is 1. The largest absolute Gasteiger partial charge is 0.325 e. The molecule has 0 aromatic heterocycles. The van der Waals surface area contributed by atoms with Crippen LogP contribution in [0.3, 0.4) is 0 Å². The Hall–Kier alpha value is -1.69. The highest BCUT2D eigenvalue weighted by molar-refractivity contribution is 9.10. The molecule has 0 radical (unpaired) electrons. The van der Waals surface area contributed by atoms with Crippen molar-refractivity contribution < 1.29 is 14.4 Å². The average molecular weight is 365 g/mol. The van der Waals surface area contributed by atoms with Gasteiger partial charge >= 0.3 is 0 Å². The van der Waals surface area contributed by atoms with Crippen molar-refractivity contribution in [1.82, 2.24) is 4.90 Å². The predicted octanol–water partition coefficient (Wildman–Crippen LogP) is 2.56. The summed E-state index contributed by atoms with van der Waals surface area (Å²) >= 11 is 3.32. The molecule has 0 bridgehead atoms. The molecule has 3 amide bonds. The van der Waals surface area contributed by atoms with Crippen LogP contribution in [0.25, 0.3) is 0 Å². The van der Waals surface area contributed by atoms with Gasteiger partial charge in [-0.1, -0.05) is 28.8 Å². The first-order valence-corrected chi connectivity index (χ1v) is 8.26. The molecule has 6 heteroatoms. The van der Waals surface area contributed by atoms with Gasteiger partial charge in [-0.3, -0.25) is 19.3 Å². The fourth-order valence-corrected chi connectivity index (χ4v) is 3.53. The minimum Gasteiger partial charge on any atom is -0.325 e. The molecule has 1 saturated carbocycles. The van der Waals surface area contributed by atoms with Crippen molar-refractivity contribution in [3.8, 4) is 0 Å². The van der Waals surface area contributed by atoms with E-state index in [2.05, 4.69) is 21.2 Å². The van der Waals surface area contributed by atoms with Gasteiger partial charge in [0.15, 0.2) is 0 Å². The Morgan fingerprint density at radius 2 is 1.64 bits per heavy atom. The highest BCUT2D eigenvalue weighted by Crippen LogP contribution is 2.37. The number of carbonyl (C=O) groups excluding carboxylic acids is 3. The van der Waals surface area contributed by atoms with Crippen molar-refractivity contribution in [1.29, 1.82) is 0 Å². The Morgan fingerprint density at radius 3 is 2.18 bits per heavy atom. The predicted molar refractivity (Wildman–Crippen MR) is 84.9 cm³/mol. The van der Waals surface area contributed by atoms with E-state index in [1.807, 2.05) is 12.1 Å². The topological polar surface area (TPSA) is 66.5 Å². The molecule has 2 fully saturated rings. The Morgan fingerprint density at radius 1 is 1.09 bits per heavy atom. The van der Waals surface area contributed by atoms with Gasteiger partial charge in [-0.15, -0.1) is 0 Å². The van der Waals surface area contributed by atoms with E-state index >= 15 is 0 Å². The van der Waals surface area contributed by atoms with Gasteiger partial charge in [-0.25, -0.2) is 0 Å². The number of carbonyl (C=O) groups is 3. The van der Waals surface area contributed by atoms with E-state index in [0.717, 1.165) is 35.1 Å². The number of anilines is 1. The summed E-state index contributed by atoms with van der Waals surface area (Å²) in [5.41, 5.74) is 0.643. The lowest BCUT2D eigenvalue weighted by molar-refractivity contribution is -0.142. The summed E-state index contributed by atoms with van der Waals surface area (Å²) in [6.07, 6.45) is 3.50. The van der Waals surface area contributed by atoms with Crippen molar-refractivity contribution >= 4 is 39.3 Å². The summed E-state index contributed by atoms with van der Waals surface area (Å²) in [5, 5.41) is 2.71. The Kier molecular flexibility index (Phi) is 4.29. The Labute approximate surface area is 137 Å². The number of nitrogens with zero attached hydrogens (tertiary/aromatic N) is 1. The van der Waals surface area contributed by atoms with Gasteiger partial charge in [-0.2, -0.15) is 0 Å². The maximum absolute atomic E-state index is 12.3. The molecule has 1 aromatic rings. The molecule has 1 saturated heterocycles. The minimum atomic E-state index is -0.345. The van der Waals surface area contributed by atoms with Gasteiger partial charge in [-0.05, 0) is 37.1 Å². The zero-order chi connectivity index (χ0) is 15.7. The number of likely N-dealkylation sites (tertiary alicyclic amines) is 1. The maximum Gasteiger partial charge on any atom is 0.244 e. The SMILES string of the molecule is O=C(CN1C(=O)[C@H]2CCCC[C@@H]2C1=O)Nc1ccc(Br)cc1. The van der Waals surface area contributed by atoms with E-state index in [9.17, 15) is 14.4 Å². The van der Waals surface area contributed by atoms with Crippen LogP contribution in [0, 0.1) is 11.8 Å². The minimum absolute atomic E-state index is 0.180. The van der Waals surface area contributed by atoms with Crippen LogP contribution in [0.4, 0.5) is 5.69 Å². The summed E-state index contributed by atoms with van der Waals surface area (Å²) in [6.45, 7) is -0.194. The third-order valence-corrected chi connectivity index (χ3v) is 4.89. The quantitative estimate of drug-likeness (QED) is 0.838. The summed E-state index contributed by atoms with van der Waals surface area (Å²) in [7, 11) is 0. The van der Waals surface area contributed by atoms with Gasteiger partial charge in [0.25, 0.3) is 0 Å². The van der Waals surface area contributed by atoms with Gasteiger partial charge < -0.3 is 5.32 Å².